The van der Waals surface area contributed by atoms with Gasteiger partial charge >= 0.3 is 0 Å². The highest BCUT2D eigenvalue weighted by Gasteiger charge is 2.31. The average Bonchev–Trinajstić information content (AvgIpc) is 3.78. The van der Waals surface area contributed by atoms with Crippen LogP contribution in [0.25, 0.3) is 0 Å². The van der Waals surface area contributed by atoms with E-state index in [0.717, 1.165) is 56.0 Å². The van der Waals surface area contributed by atoms with Gasteiger partial charge in [-0.15, -0.1) is 0 Å². The average molecular weight is 602 g/mol. The highest BCUT2D eigenvalue weighted by atomic mass is 16.3. The first-order chi connectivity index (χ1) is 21.6. The molecule has 2 heterocycles. The molecule has 0 saturated heterocycles. The lowest BCUT2D eigenvalue weighted by atomic mass is 9.82. The van der Waals surface area contributed by atoms with Crippen LogP contribution >= 0.6 is 0 Å². The van der Waals surface area contributed by atoms with Crippen molar-refractivity contribution in [1.29, 1.82) is 0 Å². The van der Waals surface area contributed by atoms with Crippen molar-refractivity contribution in [2.75, 3.05) is 19.7 Å². The zero-order valence-corrected chi connectivity index (χ0v) is 26.5. The van der Waals surface area contributed by atoms with Crippen molar-refractivity contribution in [3.8, 4) is 0 Å². The number of hydrogen-bond acceptors (Lipinski definition) is 6. The van der Waals surface area contributed by atoms with E-state index < -0.39 is 0 Å². The van der Waals surface area contributed by atoms with Gasteiger partial charge in [0.1, 0.15) is 11.6 Å². The van der Waals surface area contributed by atoms with Crippen LogP contribution in [0.5, 0.6) is 0 Å². The molecule has 9 nitrogen and oxygen atoms in total. The van der Waals surface area contributed by atoms with Crippen molar-refractivity contribution in [3.63, 3.8) is 0 Å². The third kappa shape index (κ3) is 8.39. The summed E-state index contributed by atoms with van der Waals surface area (Å²) in [6.45, 7) is 10.4. The molecule has 2 saturated carbocycles. The monoisotopic (exact) mass is 601 g/mol. The number of imidazole rings is 2. The van der Waals surface area contributed by atoms with Crippen LogP contribution in [0.1, 0.15) is 98.7 Å². The highest BCUT2D eigenvalue weighted by molar-refractivity contribution is 5.94. The molecular formula is C35H51N7O2. The second-order valence-corrected chi connectivity index (χ2v) is 12.6. The van der Waals surface area contributed by atoms with Gasteiger partial charge in [-0.2, -0.15) is 0 Å². The molecule has 44 heavy (non-hydrogen) atoms. The fourth-order valence-electron chi connectivity index (χ4n) is 7.22. The van der Waals surface area contributed by atoms with Crippen molar-refractivity contribution < 1.29 is 9.90 Å². The summed E-state index contributed by atoms with van der Waals surface area (Å²) in [5, 5.41) is 9.92. The zero-order chi connectivity index (χ0) is 30.7. The second kappa shape index (κ2) is 16.0. The first-order valence-corrected chi connectivity index (χ1v) is 16.7. The van der Waals surface area contributed by atoms with Crippen molar-refractivity contribution in [1.82, 2.24) is 34.6 Å². The van der Waals surface area contributed by atoms with Gasteiger partial charge in [-0.25, -0.2) is 9.97 Å². The Kier molecular flexibility index (Phi) is 11.7. The topological polar surface area (TPSA) is 104 Å². The van der Waals surface area contributed by atoms with Gasteiger partial charge in [0.2, 0.25) is 0 Å². The number of amides is 1. The fourth-order valence-corrected chi connectivity index (χ4v) is 7.22. The van der Waals surface area contributed by atoms with E-state index in [-0.39, 0.29) is 12.5 Å². The Hall–Kier alpha value is -3.43. The molecule has 0 aliphatic heterocycles. The molecule has 0 unspecified atom stereocenters. The minimum absolute atomic E-state index is 0.0690. The Bertz CT molecular complexity index is 1220. The Morgan fingerprint density at radius 1 is 0.864 bits per heavy atom. The summed E-state index contributed by atoms with van der Waals surface area (Å²) >= 11 is 0. The van der Waals surface area contributed by atoms with Crippen LogP contribution in [0.15, 0.2) is 61.3 Å². The number of aliphatic hydroxyl groups excluding tert-OH is 1. The van der Waals surface area contributed by atoms with Gasteiger partial charge in [0.25, 0.3) is 5.91 Å². The number of aromatic nitrogens is 4. The minimum atomic E-state index is -0.0690. The number of nitrogens with zero attached hydrogens (tertiary/aromatic N) is 5. The van der Waals surface area contributed by atoms with E-state index in [0.29, 0.717) is 43.2 Å². The van der Waals surface area contributed by atoms with Crippen LogP contribution in [0.2, 0.25) is 0 Å². The molecule has 1 amide bonds. The van der Waals surface area contributed by atoms with Crippen LogP contribution < -0.4 is 0 Å². The molecule has 0 radical (unpaired) electrons. The predicted octanol–water partition coefficient (Wildman–Crippen LogP) is 5.89. The van der Waals surface area contributed by atoms with E-state index in [4.69, 9.17) is 0 Å². The molecule has 2 fully saturated rings. The van der Waals surface area contributed by atoms with Crippen LogP contribution in [-0.2, 0) is 19.6 Å². The maximum absolute atomic E-state index is 13.5. The molecule has 3 N–H and O–H groups in total. The predicted molar refractivity (Wildman–Crippen MR) is 173 cm³/mol. The fraction of sp³-hybridized carbons (Fsp3) is 0.571. The molecule has 3 aromatic rings. The number of H-pyrrole nitrogens is 2. The quantitative estimate of drug-likeness (QED) is 0.201. The Labute approximate surface area is 262 Å². The molecule has 0 spiro atoms. The number of allylic oxidation sites excluding steroid dienone is 1. The van der Waals surface area contributed by atoms with Crippen molar-refractivity contribution in [3.05, 3.63) is 84.1 Å². The van der Waals surface area contributed by atoms with E-state index in [1.165, 1.54) is 44.2 Å². The highest BCUT2D eigenvalue weighted by Crippen LogP contribution is 2.36. The molecule has 0 atom stereocenters. The lowest BCUT2D eigenvalue weighted by Gasteiger charge is -2.43. The molecule has 2 aliphatic carbocycles. The van der Waals surface area contributed by atoms with Gasteiger partial charge in [0, 0.05) is 67.8 Å². The standard InChI is InChI=1S/C35H51N7O2/c1-3-21-42(32-7-5-4-6-8-32)27(2)29-13-15-31(16-14-29)40(22-23-43)24-28-9-11-30(12-10-28)35(44)41(25-33-36-17-18-37-33)26-34-38-19-20-39-34/h9-12,17-20,29,31-32,43H,2-8,13-16,21-26H2,1H3,(H,36,37)(H,38,39). The summed E-state index contributed by atoms with van der Waals surface area (Å²) < 4.78 is 0. The molecule has 2 aliphatic rings. The van der Waals surface area contributed by atoms with Crippen molar-refractivity contribution in [2.45, 2.75) is 103 Å². The third-order valence-corrected chi connectivity index (χ3v) is 9.59. The van der Waals surface area contributed by atoms with Crippen LogP contribution in [0.3, 0.4) is 0 Å². The molecule has 9 heteroatoms. The normalized spacial score (nSPS) is 19.2. The number of nitrogens with one attached hydrogen (secondary N) is 2. The summed E-state index contributed by atoms with van der Waals surface area (Å²) in [6.07, 6.45) is 19.4. The van der Waals surface area contributed by atoms with Crippen LogP contribution in [0.4, 0.5) is 0 Å². The number of aliphatic hydroxyl groups is 1. The Balaban J connectivity index is 1.18. The molecule has 1 aromatic carbocycles. The van der Waals surface area contributed by atoms with Gasteiger partial charge in [0.15, 0.2) is 0 Å². The largest absolute Gasteiger partial charge is 0.395 e. The van der Waals surface area contributed by atoms with E-state index in [1.807, 2.05) is 12.1 Å². The van der Waals surface area contributed by atoms with E-state index in [1.54, 1.807) is 29.7 Å². The first kappa shape index (κ1) is 32.0. The summed E-state index contributed by atoms with van der Waals surface area (Å²) in [5.74, 6) is 1.95. The van der Waals surface area contributed by atoms with Crippen molar-refractivity contribution in [2.24, 2.45) is 5.92 Å². The van der Waals surface area contributed by atoms with E-state index >= 15 is 0 Å². The SMILES string of the molecule is C=C(C1CCC(N(CCO)Cc2ccc(C(=O)N(Cc3ncc[nH]3)Cc3ncc[nH]3)cc2)CC1)N(CCC)C1CCCCC1. The number of carbonyl (C=O) groups is 1. The number of hydrogen-bond donors (Lipinski definition) is 3. The number of benzene rings is 1. The van der Waals surface area contributed by atoms with E-state index in [2.05, 4.69) is 55.4 Å². The number of carbonyl (C=O) groups excluding carboxylic acids is 1. The lowest BCUT2D eigenvalue weighted by Crippen LogP contribution is -2.42. The second-order valence-electron chi connectivity index (χ2n) is 12.6. The molecule has 5 rings (SSSR count). The van der Waals surface area contributed by atoms with Gasteiger partial charge in [-0.1, -0.05) is 44.9 Å². The lowest BCUT2D eigenvalue weighted by molar-refractivity contribution is 0.0721. The minimum Gasteiger partial charge on any atom is -0.395 e. The summed E-state index contributed by atoms with van der Waals surface area (Å²) in [7, 11) is 0. The smallest absolute Gasteiger partial charge is 0.254 e. The number of rotatable bonds is 15. The van der Waals surface area contributed by atoms with E-state index in [9.17, 15) is 9.90 Å². The van der Waals surface area contributed by atoms with Crippen LogP contribution in [-0.4, -0.2) is 77.4 Å². The number of aromatic amines is 2. The van der Waals surface area contributed by atoms with Gasteiger partial charge in [-0.05, 0) is 68.6 Å². The molecule has 0 bridgehead atoms. The molecule has 238 valence electrons. The van der Waals surface area contributed by atoms with Gasteiger partial charge in [0.05, 0.1) is 19.7 Å². The zero-order valence-electron chi connectivity index (χ0n) is 26.5. The maximum Gasteiger partial charge on any atom is 0.254 e. The Morgan fingerprint density at radius 2 is 1.50 bits per heavy atom. The summed E-state index contributed by atoms with van der Waals surface area (Å²) in [4.78, 5) is 35.2. The van der Waals surface area contributed by atoms with Crippen molar-refractivity contribution >= 4 is 5.91 Å². The third-order valence-electron chi connectivity index (χ3n) is 9.59. The summed E-state index contributed by atoms with van der Waals surface area (Å²) in [5.41, 5.74) is 3.16. The maximum atomic E-state index is 13.5. The Morgan fingerprint density at radius 3 is 2.05 bits per heavy atom. The van der Waals surface area contributed by atoms with Crippen LogP contribution in [0, 0.1) is 5.92 Å². The van der Waals surface area contributed by atoms with Gasteiger partial charge in [-0.3, -0.25) is 9.69 Å². The first-order valence-electron chi connectivity index (χ1n) is 16.7. The molecule has 2 aromatic heterocycles. The molecular weight excluding hydrogens is 550 g/mol. The van der Waals surface area contributed by atoms with Gasteiger partial charge < -0.3 is 24.9 Å². The summed E-state index contributed by atoms with van der Waals surface area (Å²) in [6, 6.07) is 9.06.